The number of hydrogen-bond donors (Lipinski definition) is 0. The van der Waals surface area contributed by atoms with Crippen molar-refractivity contribution in [2.45, 2.75) is 20.3 Å². The molecule has 0 saturated heterocycles. The van der Waals surface area contributed by atoms with E-state index in [4.69, 9.17) is 0 Å². The maximum Gasteiger partial charge on any atom is 0.0444 e. The van der Waals surface area contributed by atoms with Crippen molar-refractivity contribution >= 4 is 0 Å². The van der Waals surface area contributed by atoms with Crippen LogP contribution in [0.4, 0.5) is 0 Å². The Hall–Kier alpha value is -1.11. The molecule has 0 N–H and O–H groups in total. The van der Waals surface area contributed by atoms with Gasteiger partial charge >= 0.3 is 0 Å². The summed E-state index contributed by atoms with van der Waals surface area (Å²) in [5.74, 6) is 0.548. The number of allylic oxidation sites excluding steroid dienone is 1. The van der Waals surface area contributed by atoms with E-state index >= 15 is 0 Å². The molecule has 0 aliphatic heterocycles. The molecule has 1 aromatic rings. The predicted octanol–water partition coefficient (Wildman–Crippen LogP) is 2.84. The highest BCUT2D eigenvalue weighted by Gasteiger charge is 2.01. The highest BCUT2D eigenvalue weighted by Crippen LogP contribution is 2.11. The van der Waals surface area contributed by atoms with Gasteiger partial charge in [0, 0.05) is 18.3 Å². The first-order valence-corrected chi connectivity index (χ1v) is 4.27. The summed E-state index contributed by atoms with van der Waals surface area (Å²) in [7, 11) is 0. The standard InChI is InChI=1S/C11H15N/c1-9(2)10(3)8-11-6-4-5-7-12-11/h4-7,9H,3,8H2,1-2H3. The van der Waals surface area contributed by atoms with Crippen molar-refractivity contribution in [3.63, 3.8) is 0 Å². The second kappa shape index (κ2) is 4.05. The summed E-state index contributed by atoms with van der Waals surface area (Å²) in [4.78, 5) is 4.24. The van der Waals surface area contributed by atoms with E-state index < -0.39 is 0 Å². The van der Waals surface area contributed by atoms with Crippen molar-refractivity contribution < 1.29 is 0 Å². The summed E-state index contributed by atoms with van der Waals surface area (Å²) in [6, 6.07) is 5.98. The van der Waals surface area contributed by atoms with E-state index in [9.17, 15) is 0 Å². The number of pyridine rings is 1. The van der Waals surface area contributed by atoms with Gasteiger partial charge in [0.25, 0.3) is 0 Å². The molecular formula is C11H15N. The minimum absolute atomic E-state index is 0.548. The summed E-state index contributed by atoms with van der Waals surface area (Å²) in [6.45, 7) is 8.33. The van der Waals surface area contributed by atoms with Crippen molar-refractivity contribution in [1.82, 2.24) is 4.98 Å². The second-order valence-electron chi connectivity index (χ2n) is 3.31. The SMILES string of the molecule is C=C(Cc1ccccn1)C(C)C. The Balaban J connectivity index is 2.59. The zero-order valence-electron chi connectivity index (χ0n) is 7.75. The van der Waals surface area contributed by atoms with Crippen molar-refractivity contribution in [3.8, 4) is 0 Å². The minimum Gasteiger partial charge on any atom is -0.261 e. The van der Waals surface area contributed by atoms with Crippen LogP contribution in [0, 0.1) is 5.92 Å². The molecule has 1 rings (SSSR count). The molecule has 0 aliphatic rings. The van der Waals surface area contributed by atoms with E-state index in [-0.39, 0.29) is 0 Å². The highest BCUT2D eigenvalue weighted by molar-refractivity contribution is 5.13. The maximum atomic E-state index is 4.24. The molecule has 0 bridgehead atoms. The van der Waals surface area contributed by atoms with Gasteiger partial charge in [0.2, 0.25) is 0 Å². The molecular weight excluding hydrogens is 146 g/mol. The third-order valence-electron chi connectivity index (χ3n) is 1.95. The highest BCUT2D eigenvalue weighted by atomic mass is 14.7. The Bertz CT molecular complexity index is 249. The molecule has 0 radical (unpaired) electrons. The van der Waals surface area contributed by atoms with Crippen LogP contribution in [0.5, 0.6) is 0 Å². The summed E-state index contributed by atoms with van der Waals surface area (Å²) >= 11 is 0. The lowest BCUT2D eigenvalue weighted by Crippen LogP contribution is -1.98. The van der Waals surface area contributed by atoms with Gasteiger partial charge in [0.1, 0.15) is 0 Å². The van der Waals surface area contributed by atoms with Gasteiger partial charge in [-0.15, -0.1) is 0 Å². The van der Waals surface area contributed by atoms with Crippen molar-refractivity contribution in [2.24, 2.45) is 5.92 Å². The van der Waals surface area contributed by atoms with Crippen LogP contribution in [-0.4, -0.2) is 4.98 Å². The van der Waals surface area contributed by atoms with Gasteiger partial charge in [-0.05, 0) is 18.1 Å². The summed E-state index contributed by atoms with van der Waals surface area (Å²) in [5, 5.41) is 0. The molecule has 0 aliphatic carbocycles. The zero-order valence-corrected chi connectivity index (χ0v) is 7.75. The van der Waals surface area contributed by atoms with Crippen LogP contribution in [0.2, 0.25) is 0 Å². The van der Waals surface area contributed by atoms with Gasteiger partial charge in [-0.25, -0.2) is 0 Å². The zero-order chi connectivity index (χ0) is 8.97. The largest absolute Gasteiger partial charge is 0.261 e. The van der Waals surface area contributed by atoms with Crippen LogP contribution in [-0.2, 0) is 6.42 Å². The molecule has 1 nitrogen and oxygen atoms in total. The molecule has 0 aromatic carbocycles. The lowest BCUT2D eigenvalue weighted by molar-refractivity contribution is 0.739. The first-order chi connectivity index (χ1) is 5.70. The first kappa shape index (κ1) is 8.98. The Kier molecular flexibility index (Phi) is 3.03. The van der Waals surface area contributed by atoms with Crippen LogP contribution in [0.15, 0.2) is 36.5 Å². The van der Waals surface area contributed by atoms with E-state index in [1.807, 2.05) is 24.4 Å². The van der Waals surface area contributed by atoms with E-state index in [2.05, 4.69) is 25.4 Å². The van der Waals surface area contributed by atoms with Gasteiger partial charge in [-0.1, -0.05) is 32.1 Å². The topological polar surface area (TPSA) is 12.9 Å². The predicted molar refractivity (Wildman–Crippen MR) is 51.9 cm³/mol. The third-order valence-corrected chi connectivity index (χ3v) is 1.95. The van der Waals surface area contributed by atoms with Crippen LogP contribution in [0.3, 0.4) is 0 Å². The van der Waals surface area contributed by atoms with Gasteiger partial charge in [-0.3, -0.25) is 4.98 Å². The Morgan fingerprint density at radius 2 is 2.25 bits per heavy atom. The molecule has 0 fully saturated rings. The minimum atomic E-state index is 0.548. The molecule has 1 heterocycles. The van der Waals surface area contributed by atoms with E-state index in [1.54, 1.807) is 0 Å². The fourth-order valence-corrected chi connectivity index (χ4v) is 0.939. The normalized spacial score (nSPS) is 10.2. The van der Waals surface area contributed by atoms with Crippen LogP contribution >= 0.6 is 0 Å². The van der Waals surface area contributed by atoms with Gasteiger partial charge < -0.3 is 0 Å². The average Bonchev–Trinajstić information content (AvgIpc) is 2.06. The molecule has 0 saturated carbocycles. The Morgan fingerprint density at radius 3 is 2.75 bits per heavy atom. The molecule has 12 heavy (non-hydrogen) atoms. The van der Waals surface area contributed by atoms with E-state index in [0.29, 0.717) is 5.92 Å². The second-order valence-corrected chi connectivity index (χ2v) is 3.31. The van der Waals surface area contributed by atoms with Crippen molar-refractivity contribution in [2.75, 3.05) is 0 Å². The molecule has 0 unspecified atom stereocenters. The molecule has 0 spiro atoms. The molecule has 1 aromatic heterocycles. The fourth-order valence-electron chi connectivity index (χ4n) is 0.939. The Morgan fingerprint density at radius 1 is 1.50 bits per heavy atom. The molecule has 1 heteroatoms. The Labute approximate surface area is 74.2 Å². The monoisotopic (exact) mass is 161 g/mol. The summed E-state index contributed by atoms with van der Waals surface area (Å²) in [6.07, 6.45) is 2.72. The maximum absolute atomic E-state index is 4.24. The molecule has 0 atom stereocenters. The van der Waals surface area contributed by atoms with Crippen LogP contribution in [0.1, 0.15) is 19.5 Å². The van der Waals surface area contributed by atoms with Gasteiger partial charge in [-0.2, -0.15) is 0 Å². The quantitative estimate of drug-likeness (QED) is 0.621. The number of rotatable bonds is 3. The fraction of sp³-hybridized carbons (Fsp3) is 0.364. The number of nitrogens with zero attached hydrogens (tertiary/aromatic N) is 1. The first-order valence-electron chi connectivity index (χ1n) is 4.27. The van der Waals surface area contributed by atoms with Gasteiger partial charge in [0.15, 0.2) is 0 Å². The lowest BCUT2D eigenvalue weighted by atomic mass is 10.0. The lowest BCUT2D eigenvalue weighted by Gasteiger charge is -2.07. The number of hydrogen-bond acceptors (Lipinski definition) is 1. The molecule has 64 valence electrons. The van der Waals surface area contributed by atoms with Gasteiger partial charge in [0.05, 0.1) is 0 Å². The smallest absolute Gasteiger partial charge is 0.0444 e. The average molecular weight is 161 g/mol. The molecule has 0 amide bonds. The number of aromatic nitrogens is 1. The van der Waals surface area contributed by atoms with Crippen LogP contribution in [0.25, 0.3) is 0 Å². The van der Waals surface area contributed by atoms with E-state index in [0.717, 1.165) is 12.1 Å². The third kappa shape index (κ3) is 2.50. The van der Waals surface area contributed by atoms with Crippen LogP contribution < -0.4 is 0 Å². The van der Waals surface area contributed by atoms with E-state index in [1.165, 1.54) is 5.57 Å². The van der Waals surface area contributed by atoms with Crippen molar-refractivity contribution in [3.05, 3.63) is 42.2 Å². The summed E-state index contributed by atoms with van der Waals surface area (Å²) in [5.41, 5.74) is 2.35. The summed E-state index contributed by atoms with van der Waals surface area (Å²) < 4.78 is 0. The van der Waals surface area contributed by atoms with Crippen molar-refractivity contribution in [1.29, 1.82) is 0 Å².